The fourth-order valence-electron chi connectivity index (χ4n) is 2.69. The van der Waals surface area contributed by atoms with Crippen molar-refractivity contribution in [1.29, 1.82) is 0 Å². The van der Waals surface area contributed by atoms with E-state index in [0.717, 1.165) is 37.2 Å². The highest BCUT2D eigenvalue weighted by Gasteiger charge is 2.26. The number of likely N-dealkylation sites (tertiary alicyclic amines) is 1. The van der Waals surface area contributed by atoms with Crippen molar-refractivity contribution >= 4 is 22.5 Å². The molecule has 2 rings (SSSR count). The van der Waals surface area contributed by atoms with Gasteiger partial charge in [0.15, 0.2) is 0 Å². The van der Waals surface area contributed by atoms with E-state index in [1.165, 1.54) is 24.2 Å². The monoisotopic (exact) mass is 326 g/mol. The van der Waals surface area contributed by atoms with Gasteiger partial charge < -0.3 is 10.0 Å². The number of unbranched alkanes of at least 4 members (excludes halogenated alkanes) is 2. The van der Waals surface area contributed by atoms with Crippen LogP contribution in [0.2, 0.25) is 0 Å². The zero-order chi connectivity index (χ0) is 15.9. The first-order valence-electron chi connectivity index (χ1n) is 8.16. The Bertz CT molecular complexity index is 478. The summed E-state index contributed by atoms with van der Waals surface area (Å²) in [4.78, 5) is 14.0. The van der Waals surface area contributed by atoms with E-state index in [1.807, 2.05) is 0 Å². The van der Waals surface area contributed by atoms with Gasteiger partial charge in [-0.15, -0.1) is 10.2 Å². The van der Waals surface area contributed by atoms with Gasteiger partial charge in [0.25, 0.3) is 0 Å². The Morgan fingerprint density at radius 2 is 2.32 bits per heavy atom. The number of anilines is 1. The van der Waals surface area contributed by atoms with Crippen LogP contribution in [0.15, 0.2) is 0 Å². The number of nitrogens with one attached hydrogen (secondary N) is 1. The van der Waals surface area contributed by atoms with Gasteiger partial charge in [-0.3, -0.25) is 5.32 Å². The van der Waals surface area contributed by atoms with Crippen LogP contribution < -0.4 is 5.32 Å². The Morgan fingerprint density at radius 3 is 3.05 bits per heavy atom. The van der Waals surface area contributed by atoms with Crippen LogP contribution in [0.25, 0.3) is 0 Å². The summed E-state index contributed by atoms with van der Waals surface area (Å²) < 4.78 is 0. The van der Waals surface area contributed by atoms with Crippen molar-refractivity contribution in [1.82, 2.24) is 15.1 Å². The van der Waals surface area contributed by atoms with Gasteiger partial charge in [-0.05, 0) is 26.2 Å². The molecule has 0 spiro atoms. The molecule has 0 radical (unpaired) electrons. The van der Waals surface area contributed by atoms with Gasteiger partial charge in [0, 0.05) is 25.4 Å². The van der Waals surface area contributed by atoms with E-state index in [1.54, 1.807) is 11.8 Å². The number of aromatic nitrogens is 2. The van der Waals surface area contributed by atoms with Crippen molar-refractivity contribution in [2.75, 3.05) is 18.4 Å². The highest BCUT2D eigenvalue weighted by Crippen LogP contribution is 2.22. The molecular formula is C15H26N4O2S. The van der Waals surface area contributed by atoms with E-state index in [-0.39, 0.29) is 18.1 Å². The number of hydrogen-bond acceptors (Lipinski definition) is 5. The van der Waals surface area contributed by atoms with Crippen LogP contribution in [-0.4, -0.2) is 45.4 Å². The van der Waals surface area contributed by atoms with Gasteiger partial charge in [0.2, 0.25) is 5.13 Å². The maximum Gasteiger partial charge on any atom is 0.323 e. The Kier molecular flexibility index (Phi) is 6.57. The Morgan fingerprint density at radius 1 is 1.50 bits per heavy atom. The summed E-state index contributed by atoms with van der Waals surface area (Å²) in [5.41, 5.74) is 0. The number of carbonyl (C=O) groups excluding carboxylic acids is 1. The number of hydrogen-bond donors (Lipinski definition) is 2. The third-order valence-electron chi connectivity index (χ3n) is 4.10. The van der Waals surface area contributed by atoms with Crippen LogP contribution in [0.5, 0.6) is 0 Å². The van der Waals surface area contributed by atoms with Crippen molar-refractivity contribution in [3.05, 3.63) is 5.01 Å². The van der Waals surface area contributed by atoms with Gasteiger partial charge >= 0.3 is 6.03 Å². The third-order valence-corrected chi connectivity index (χ3v) is 5.00. The van der Waals surface area contributed by atoms with E-state index in [4.69, 9.17) is 0 Å². The molecular weight excluding hydrogens is 300 g/mol. The lowest BCUT2D eigenvalue weighted by Crippen LogP contribution is -2.44. The SMILES string of the molecule is CCCCCc1nnc(NC(=O)N2CCCC(C(C)O)C2)s1. The van der Waals surface area contributed by atoms with Crippen LogP contribution in [-0.2, 0) is 6.42 Å². The standard InChI is InChI=1S/C15H26N4O2S/c1-3-4-5-8-13-17-18-14(22-13)16-15(21)19-9-6-7-12(10-19)11(2)20/h11-12,20H,3-10H2,1-2H3,(H,16,18,21). The van der Waals surface area contributed by atoms with Crippen LogP contribution in [0.3, 0.4) is 0 Å². The number of urea groups is 1. The fourth-order valence-corrected chi connectivity index (χ4v) is 3.46. The highest BCUT2D eigenvalue weighted by atomic mass is 32.1. The van der Waals surface area contributed by atoms with Crippen LogP contribution in [0.1, 0.15) is 51.0 Å². The minimum absolute atomic E-state index is 0.137. The topological polar surface area (TPSA) is 78.4 Å². The predicted molar refractivity (Wildman–Crippen MR) is 88.1 cm³/mol. The fraction of sp³-hybridized carbons (Fsp3) is 0.800. The first kappa shape index (κ1) is 17.1. The molecule has 22 heavy (non-hydrogen) atoms. The third kappa shape index (κ3) is 4.91. The summed E-state index contributed by atoms with van der Waals surface area (Å²) in [7, 11) is 0. The molecule has 2 unspecified atom stereocenters. The quantitative estimate of drug-likeness (QED) is 0.788. The molecule has 2 heterocycles. The second kappa shape index (κ2) is 8.43. The average molecular weight is 326 g/mol. The number of carbonyl (C=O) groups is 1. The number of nitrogens with zero attached hydrogens (tertiary/aromatic N) is 3. The molecule has 2 amide bonds. The summed E-state index contributed by atoms with van der Waals surface area (Å²) >= 11 is 1.45. The van der Waals surface area contributed by atoms with Gasteiger partial charge in [-0.1, -0.05) is 31.1 Å². The predicted octanol–water partition coefficient (Wildman–Crippen LogP) is 2.90. The first-order valence-corrected chi connectivity index (χ1v) is 8.98. The van der Waals surface area contributed by atoms with Crippen LogP contribution in [0.4, 0.5) is 9.93 Å². The van der Waals surface area contributed by atoms with Crippen molar-refractivity contribution < 1.29 is 9.90 Å². The van der Waals surface area contributed by atoms with Gasteiger partial charge in [0.1, 0.15) is 5.01 Å². The summed E-state index contributed by atoms with van der Waals surface area (Å²) in [5.74, 6) is 0.165. The van der Waals surface area contributed by atoms with Crippen molar-refractivity contribution in [3.8, 4) is 0 Å². The molecule has 0 aliphatic carbocycles. The molecule has 0 aromatic carbocycles. The summed E-state index contributed by atoms with van der Waals surface area (Å²) in [6.07, 6.45) is 5.94. The van der Waals surface area contributed by atoms with Crippen molar-refractivity contribution in [2.24, 2.45) is 5.92 Å². The lowest BCUT2D eigenvalue weighted by atomic mass is 9.94. The van der Waals surface area contributed by atoms with Crippen LogP contribution in [0, 0.1) is 5.92 Å². The largest absolute Gasteiger partial charge is 0.393 e. The van der Waals surface area contributed by atoms with E-state index in [0.29, 0.717) is 11.7 Å². The van der Waals surface area contributed by atoms with Gasteiger partial charge in [0.05, 0.1) is 6.10 Å². The molecule has 124 valence electrons. The number of aliphatic hydroxyl groups excluding tert-OH is 1. The molecule has 6 nitrogen and oxygen atoms in total. The van der Waals surface area contributed by atoms with Crippen molar-refractivity contribution in [3.63, 3.8) is 0 Å². The van der Waals surface area contributed by atoms with E-state index in [9.17, 15) is 9.90 Å². The second-order valence-corrected chi connectivity index (χ2v) is 7.04. The summed E-state index contributed by atoms with van der Waals surface area (Å²) in [6.45, 7) is 5.30. The number of aliphatic hydroxyl groups is 1. The summed E-state index contributed by atoms with van der Waals surface area (Å²) in [6, 6.07) is -0.137. The zero-order valence-electron chi connectivity index (χ0n) is 13.4. The molecule has 1 aliphatic heterocycles. The lowest BCUT2D eigenvalue weighted by Gasteiger charge is -2.33. The molecule has 7 heteroatoms. The smallest absolute Gasteiger partial charge is 0.323 e. The number of piperidine rings is 1. The highest BCUT2D eigenvalue weighted by molar-refractivity contribution is 7.15. The number of aryl methyl sites for hydroxylation is 1. The average Bonchev–Trinajstić information content (AvgIpc) is 2.95. The molecule has 1 aromatic rings. The molecule has 0 bridgehead atoms. The minimum atomic E-state index is -0.373. The van der Waals surface area contributed by atoms with E-state index in [2.05, 4.69) is 22.4 Å². The molecule has 1 aliphatic rings. The van der Waals surface area contributed by atoms with E-state index >= 15 is 0 Å². The van der Waals surface area contributed by atoms with Gasteiger partial charge in [-0.2, -0.15) is 0 Å². The maximum absolute atomic E-state index is 12.3. The second-order valence-electron chi connectivity index (χ2n) is 5.98. The normalized spacial score (nSPS) is 20.0. The molecule has 2 atom stereocenters. The Balaban J connectivity index is 1.83. The van der Waals surface area contributed by atoms with E-state index < -0.39 is 0 Å². The molecule has 0 saturated carbocycles. The molecule has 1 aromatic heterocycles. The maximum atomic E-state index is 12.3. The summed E-state index contributed by atoms with van der Waals surface area (Å²) in [5, 5.41) is 22.2. The lowest BCUT2D eigenvalue weighted by molar-refractivity contribution is 0.0766. The first-order chi connectivity index (χ1) is 10.6. The number of amides is 2. The van der Waals surface area contributed by atoms with Gasteiger partial charge in [-0.25, -0.2) is 4.79 Å². The minimum Gasteiger partial charge on any atom is -0.393 e. The Labute approximate surface area is 135 Å². The van der Waals surface area contributed by atoms with Crippen LogP contribution >= 0.6 is 11.3 Å². The molecule has 1 fully saturated rings. The Hall–Kier alpha value is -1.21. The zero-order valence-corrected chi connectivity index (χ0v) is 14.2. The number of rotatable bonds is 6. The molecule has 1 saturated heterocycles. The van der Waals surface area contributed by atoms with Crippen molar-refractivity contribution in [2.45, 2.75) is 58.5 Å². The molecule has 2 N–H and O–H groups in total.